The Morgan fingerprint density at radius 2 is 2.16 bits per heavy atom. The Morgan fingerprint density at radius 3 is 2.78 bits per heavy atom. The van der Waals surface area contributed by atoms with Gasteiger partial charge in [-0.15, -0.1) is 0 Å². The highest BCUT2D eigenvalue weighted by atomic mass is 35.5. The number of rotatable bonds is 6. The van der Waals surface area contributed by atoms with Crippen LogP contribution in [0.5, 0.6) is 5.75 Å². The molecule has 7 nitrogen and oxygen atoms in total. The van der Waals surface area contributed by atoms with Crippen LogP contribution in [0.4, 0.5) is 18.9 Å². The van der Waals surface area contributed by atoms with E-state index >= 15 is 0 Å². The van der Waals surface area contributed by atoms with Crippen LogP contribution in [-0.4, -0.2) is 36.6 Å². The van der Waals surface area contributed by atoms with Gasteiger partial charge in [-0.2, -0.15) is 0 Å². The maximum Gasteiger partial charge on any atom is 0.283 e. The van der Waals surface area contributed by atoms with E-state index in [9.17, 15) is 18.0 Å². The third-order valence-electron chi connectivity index (χ3n) is 5.21. The monoisotopic (exact) mass is 468 g/mol. The van der Waals surface area contributed by atoms with Crippen molar-refractivity contribution in [2.24, 2.45) is 16.6 Å². The van der Waals surface area contributed by atoms with Gasteiger partial charge in [0.05, 0.1) is 12.1 Å². The normalized spacial score (nSPS) is 22.7. The zero-order valence-electron chi connectivity index (χ0n) is 17.1. The zero-order chi connectivity index (χ0) is 23.6. The highest BCUT2D eigenvalue weighted by Gasteiger charge is 2.54. The molecule has 1 aliphatic heterocycles. The summed E-state index contributed by atoms with van der Waals surface area (Å²) in [7, 11) is 1.33. The van der Waals surface area contributed by atoms with Crippen LogP contribution in [0, 0.1) is 11.7 Å². The number of methoxy groups -OCH3 is 1. The van der Waals surface area contributed by atoms with Crippen molar-refractivity contribution in [3.8, 4) is 5.75 Å². The summed E-state index contributed by atoms with van der Waals surface area (Å²) in [6.45, 7) is 5.00. The topological polar surface area (TPSA) is 98.8 Å². The molecule has 0 spiro atoms. The molecule has 1 aromatic heterocycles. The second-order valence-electron chi connectivity index (χ2n) is 7.04. The quantitative estimate of drug-likeness (QED) is 0.621. The molecule has 0 saturated heterocycles. The Bertz CT molecular complexity index is 1080. The third-order valence-corrected chi connectivity index (χ3v) is 5.42. The van der Waals surface area contributed by atoms with Crippen molar-refractivity contribution >= 4 is 29.2 Å². The minimum absolute atomic E-state index is 0.0350. The molecule has 0 unspecified atom stereocenters. The fourth-order valence-corrected chi connectivity index (χ4v) is 3.72. The van der Waals surface area contributed by atoms with E-state index in [0.717, 1.165) is 12.1 Å². The summed E-state index contributed by atoms with van der Waals surface area (Å²) in [6.07, 6.45) is -1.52. The number of hydrogen-bond donors (Lipinski definition) is 2. The summed E-state index contributed by atoms with van der Waals surface area (Å²) in [5, 5.41) is 2.75. The Hall–Kier alpha value is -3.27. The highest BCUT2D eigenvalue weighted by Crippen LogP contribution is 2.46. The van der Waals surface area contributed by atoms with E-state index in [4.69, 9.17) is 26.8 Å². The van der Waals surface area contributed by atoms with Gasteiger partial charge < -0.3 is 20.5 Å². The SMILES string of the molecule is C=C[C@H]1OC(N)=N[C@@](c2cc(NC(=O)c3ncc(Cl)cc3OC)ccc2F)(C(F)F)[C@H]1C. The van der Waals surface area contributed by atoms with Gasteiger partial charge in [0, 0.05) is 29.4 Å². The molecule has 2 aromatic rings. The molecule has 11 heteroatoms. The van der Waals surface area contributed by atoms with Crippen LogP contribution in [0.2, 0.25) is 5.02 Å². The molecule has 1 amide bonds. The molecule has 32 heavy (non-hydrogen) atoms. The van der Waals surface area contributed by atoms with Gasteiger partial charge in [-0.1, -0.05) is 31.2 Å². The molecular weight excluding hydrogens is 449 g/mol. The van der Waals surface area contributed by atoms with Crippen molar-refractivity contribution in [3.05, 3.63) is 65.2 Å². The summed E-state index contributed by atoms with van der Waals surface area (Å²) in [4.78, 5) is 20.4. The van der Waals surface area contributed by atoms with Crippen molar-refractivity contribution in [2.45, 2.75) is 25.0 Å². The van der Waals surface area contributed by atoms with Crippen LogP contribution in [0.3, 0.4) is 0 Å². The second-order valence-corrected chi connectivity index (χ2v) is 7.47. The molecule has 3 rings (SSSR count). The maximum atomic E-state index is 14.8. The van der Waals surface area contributed by atoms with E-state index in [1.165, 1.54) is 38.4 Å². The van der Waals surface area contributed by atoms with E-state index in [1.807, 2.05) is 0 Å². The number of aromatic nitrogens is 1. The number of nitrogens with zero attached hydrogens (tertiary/aromatic N) is 2. The summed E-state index contributed by atoms with van der Waals surface area (Å²) in [6, 6.07) is 4.14. The van der Waals surface area contributed by atoms with Gasteiger partial charge in [0.1, 0.15) is 11.9 Å². The van der Waals surface area contributed by atoms with Crippen molar-refractivity contribution in [2.75, 3.05) is 12.4 Å². The lowest BCUT2D eigenvalue weighted by molar-refractivity contribution is -0.0284. The number of anilines is 1. The van der Waals surface area contributed by atoms with Crippen LogP contribution in [0.1, 0.15) is 23.0 Å². The number of pyridine rings is 1. The van der Waals surface area contributed by atoms with Crippen molar-refractivity contribution in [3.63, 3.8) is 0 Å². The van der Waals surface area contributed by atoms with E-state index in [0.29, 0.717) is 0 Å². The summed E-state index contributed by atoms with van der Waals surface area (Å²) >= 11 is 5.85. The number of nitrogens with one attached hydrogen (secondary N) is 1. The first kappa shape index (κ1) is 23.4. The van der Waals surface area contributed by atoms with Crippen molar-refractivity contribution in [1.29, 1.82) is 0 Å². The Balaban J connectivity index is 2.06. The minimum Gasteiger partial charge on any atom is -0.494 e. The number of halogens is 4. The number of alkyl halides is 2. The van der Waals surface area contributed by atoms with E-state index in [-0.39, 0.29) is 22.2 Å². The Kier molecular flexibility index (Phi) is 6.63. The Labute approximate surface area is 187 Å². The number of ether oxygens (including phenoxy) is 2. The molecule has 0 fully saturated rings. The lowest BCUT2D eigenvalue weighted by atomic mass is 9.75. The first-order chi connectivity index (χ1) is 15.1. The van der Waals surface area contributed by atoms with Gasteiger partial charge in [0.25, 0.3) is 18.4 Å². The molecule has 0 radical (unpaired) electrons. The molecule has 3 atom stereocenters. The largest absolute Gasteiger partial charge is 0.494 e. The average Bonchev–Trinajstić information content (AvgIpc) is 2.76. The number of carbonyl (C=O) groups is 1. The van der Waals surface area contributed by atoms with Crippen molar-refractivity contribution in [1.82, 2.24) is 4.98 Å². The molecule has 2 heterocycles. The summed E-state index contributed by atoms with van der Waals surface area (Å²) in [5.74, 6) is -2.58. The number of benzene rings is 1. The van der Waals surface area contributed by atoms with Gasteiger partial charge in [-0.05, 0) is 18.2 Å². The van der Waals surface area contributed by atoms with E-state index in [1.54, 1.807) is 0 Å². The van der Waals surface area contributed by atoms with Gasteiger partial charge in [-0.3, -0.25) is 4.79 Å². The van der Waals surface area contributed by atoms with Crippen LogP contribution < -0.4 is 15.8 Å². The highest BCUT2D eigenvalue weighted by molar-refractivity contribution is 6.30. The molecule has 1 aliphatic rings. The number of nitrogens with two attached hydrogens (primary N) is 1. The molecule has 1 aromatic carbocycles. The fourth-order valence-electron chi connectivity index (χ4n) is 3.57. The molecule has 170 valence electrons. The van der Waals surface area contributed by atoms with Crippen molar-refractivity contribution < 1.29 is 27.4 Å². The fraction of sp³-hybridized carbons (Fsp3) is 0.286. The molecular formula is C21H20ClF3N4O3. The van der Waals surface area contributed by atoms with E-state index in [2.05, 4.69) is 21.9 Å². The molecule has 3 N–H and O–H groups in total. The number of amides is 1. The predicted molar refractivity (Wildman–Crippen MR) is 114 cm³/mol. The molecule has 0 bridgehead atoms. The van der Waals surface area contributed by atoms with Gasteiger partial charge >= 0.3 is 0 Å². The van der Waals surface area contributed by atoms with Gasteiger partial charge in [0.15, 0.2) is 17.0 Å². The van der Waals surface area contributed by atoms with Crippen LogP contribution in [0.15, 0.2) is 48.1 Å². The second kappa shape index (κ2) is 9.07. The lowest BCUT2D eigenvalue weighted by Gasteiger charge is -2.42. The average molecular weight is 469 g/mol. The maximum absolute atomic E-state index is 14.8. The zero-order valence-corrected chi connectivity index (χ0v) is 17.9. The summed E-state index contributed by atoms with van der Waals surface area (Å²) < 4.78 is 54.0. The minimum atomic E-state index is -3.14. The molecule has 0 aliphatic carbocycles. The first-order valence-electron chi connectivity index (χ1n) is 9.37. The van der Waals surface area contributed by atoms with Crippen LogP contribution >= 0.6 is 11.6 Å². The third kappa shape index (κ3) is 4.10. The first-order valence-corrected chi connectivity index (χ1v) is 9.75. The number of aliphatic imine (C=N–C) groups is 1. The predicted octanol–water partition coefficient (Wildman–Crippen LogP) is 4.13. The van der Waals surface area contributed by atoms with Gasteiger partial charge in [-0.25, -0.2) is 23.1 Å². The van der Waals surface area contributed by atoms with Gasteiger partial charge in [0.2, 0.25) is 0 Å². The molecule has 0 saturated carbocycles. The summed E-state index contributed by atoms with van der Waals surface area (Å²) in [5.41, 5.74) is 2.75. The Morgan fingerprint density at radius 1 is 1.44 bits per heavy atom. The number of carbonyl (C=O) groups excluding carboxylic acids is 1. The standard InChI is InChI=1S/C21H20ClF3N4O3/c1-4-15-10(2)21(19(24)25,29-20(26)32-15)13-8-12(5-6-14(13)23)28-18(30)17-16(31-3)7-11(22)9-27-17/h4-10,15,19H,1H2,2-3H3,(H2,26,29)(H,28,30)/t10-,15+,21-/m0/s1. The number of hydrogen-bond acceptors (Lipinski definition) is 6. The smallest absolute Gasteiger partial charge is 0.283 e. The van der Waals surface area contributed by atoms with Crippen LogP contribution in [-0.2, 0) is 10.3 Å². The van der Waals surface area contributed by atoms with E-state index < -0.39 is 47.3 Å². The lowest BCUT2D eigenvalue weighted by Crippen LogP contribution is -2.51. The van der Waals surface area contributed by atoms with Crippen LogP contribution in [0.25, 0.3) is 0 Å². The number of amidine groups is 1.